The largest absolute Gasteiger partial charge is 0.486 e. The number of benzene rings is 1. The molecule has 2 rings (SSSR count). The number of rotatable bonds is 1. The van der Waals surface area contributed by atoms with Crippen LogP contribution < -0.4 is 0 Å². The van der Waals surface area contributed by atoms with Gasteiger partial charge in [-0.15, -0.1) is 0 Å². The lowest BCUT2D eigenvalue weighted by Gasteiger charge is -2.21. The second kappa shape index (κ2) is 3.70. The number of hydrogen-bond donors (Lipinski definition) is 0. The molecule has 0 spiro atoms. The lowest BCUT2D eigenvalue weighted by atomic mass is 10.0. The van der Waals surface area contributed by atoms with Gasteiger partial charge in [-0.05, 0) is 37.1 Å². The zero-order valence-corrected chi connectivity index (χ0v) is 8.53. The fourth-order valence-electron chi connectivity index (χ4n) is 1.68. The third kappa shape index (κ3) is 1.87. The van der Waals surface area contributed by atoms with Crippen molar-refractivity contribution in [3.05, 3.63) is 59.4 Å². The summed E-state index contributed by atoms with van der Waals surface area (Å²) in [6.07, 6.45) is 4.28. The van der Waals surface area contributed by atoms with Gasteiger partial charge in [-0.25, -0.2) is 0 Å². The van der Waals surface area contributed by atoms with Crippen molar-refractivity contribution < 1.29 is 4.74 Å². The van der Waals surface area contributed by atoms with Gasteiger partial charge in [0.05, 0.1) is 5.76 Å². The van der Waals surface area contributed by atoms with Crippen molar-refractivity contribution in [1.82, 2.24) is 0 Å². The van der Waals surface area contributed by atoms with E-state index in [9.17, 15) is 0 Å². The summed E-state index contributed by atoms with van der Waals surface area (Å²) in [7, 11) is 0. The standard InChI is InChI=1S/C13H14O/c1-10-8-11(2)14-13(9-10)12-6-4-3-5-7-12/h3-9,13H,1-2H3/t13-/m1/s1. The molecule has 1 aromatic carbocycles. The first kappa shape index (κ1) is 9.07. The predicted molar refractivity (Wildman–Crippen MR) is 57.8 cm³/mol. The Morgan fingerprint density at radius 1 is 1.07 bits per heavy atom. The topological polar surface area (TPSA) is 9.23 Å². The fraction of sp³-hybridized carbons (Fsp3) is 0.231. The molecule has 14 heavy (non-hydrogen) atoms. The van der Waals surface area contributed by atoms with Gasteiger partial charge >= 0.3 is 0 Å². The summed E-state index contributed by atoms with van der Waals surface area (Å²) in [6, 6.07) is 10.3. The van der Waals surface area contributed by atoms with E-state index in [0.717, 1.165) is 5.76 Å². The third-order valence-electron chi connectivity index (χ3n) is 2.29. The van der Waals surface area contributed by atoms with Gasteiger partial charge in [-0.3, -0.25) is 0 Å². The monoisotopic (exact) mass is 186 g/mol. The minimum atomic E-state index is 0.0844. The normalized spacial score (nSPS) is 20.9. The van der Waals surface area contributed by atoms with E-state index in [2.05, 4.69) is 31.2 Å². The van der Waals surface area contributed by atoms with E-state index in [0.29, 0.717) is 0 Å². The summed E-state index contributed by atoms with van der Waals surface area (Å²) in [5.74, 6) is 0.985. The predicted octanol–water partition coefficient (Wildman–Crippen LogP) is 3.61. The molecule has 1 atom stereocenters. The maximum Gasteiger partial charge on any atom is 0.142 e. The number of allylic oxidation sites excluding steroid dienone is 3. The molecule has 1 aliphatic heterocycles. The zero-order chi connectivity index (χ0) is 9.97. The summed E-state index contributed by atoms with van der Waals surface area (Å²) in [5.41, 5.74) is 2.47. The van der Waals surface area contributed by atoms with Gasteiger partial charge in [-0.2, -0.15) is 0 Å². The van der Waals surface area contributed by atoms with E-state index in [1.54, 1.807) is 0 Å². The summed E-state index contributed by atoms with van der Waals surface area (Å²) in [6.45, 7) is 4.09. The average Bonchev–Trinajstić information content (AvgIpc) is 2.18. The molecule has 0 radical (unpaired) electrons. The van der Waals surface area contributed by atoms with Crippen LogP contribution in [0.4, 0.5) is 0 Å². The molecule has 0 amide bonds. The molecule has 1 heteroatoms. The maximum atomic E-state index is 5.73. The smallest absolute Gasteiger partial charge is 0.142 e. The van der Waals surface area contributed by atoms with Crippen LogP contribution in [0.2, 0.25) is 0 Å². The van der Waals surface area contributed by atoms with Gasteiger partial charge in [-0.1, -0.05) is 30.3 Å². The van der Waals surface area contributed by atoms with Crippen LogP contribution in [-0.2, 0) is 4.74 Å². The highest BCUT2D eigenvalue weighted by Crippen LogP contribution is 2.27. The van der Waals surface area contributed by atoms with Crippen LogP contribution >= 0.6 is 0 Å². The SMILES string of the molecule is CC1=C[C@H](c2ccccc2)OC(C)=C1. The molecule has 0 aromatic heterocycles. The summed E-state index contributed by atoms with van der Waals surface area (Å²) in [4.78, 5) is 0. The minimum absolute atomic E-state index is 0.0844. The molecular weight excluding hydrogens is 172 g/mol. The summed E-state index contributed by atoms with van der Waals surface area (Å²) < 4.78 is 5.73. The van der Waals surface area contributed by atoms with Crippen LogP contribution in [0.15, 0.2) is 53.8 Å². The first-order chi connectivity index (χ1) is 6.75. The molecule has 0 unspecified atom stereocenters. The molecule has 0 aliphatic carbocycles. The second-order valence-corrected chi connectivity index (χ2v) is 3.61. The lowest BCUT2D eigenvalue weighted by molar-refractivity contribution is 0.153. The van der Waals surface area contributed by atoms with E-state index in [4.69, 9.17) is 4.74 Å². The van der Waals surface area contributed by atoms with Gasteiger partial charge in [0.25, 0.3) is 0 Å². The zero-order valence-electron chi connectivity index (χ0n) is 8.53. The highest BCUT2D eigenvalue weighted by Gasteiger charge is 2.13. The third-order valence-corrected chi connectivity index (χ3v) is 2.29. The molecule has 1 aliphatic rings. The molecule has 1 aromatic rings. The van der Waals surface area contributed by atoms with Crippen molar-refractivity contribution >= 4 is 0 Å². The first-order valence-corrected chi connectivity index (χ1v) is 4.84. The first-order valence-electron chi connectivity index (χ1n) is 4.84. The van der Waals surface area contributed by atoms with Crippen LogP contribution in [-0.4, -0.2) is 0 Å². The Hall–Kier alpha value is -1.50. The van der Waals surface area contributed by atoms with Gasteiger partial charge in [0.1, 0.15) is 6.10 Å². The van der Waals surface area contributed by atoms with E-state index in [1.807, 2.05) is 25.1 Å². The fourth-order valence-corrected chi connectivity index (χ4v) is 1.68. The van der Waals surface area contributed by atoms with Crippen molar-refractivity contribution in [2.75, 3.05) is 0 Å². The Morgan fingerprint density at radius 2 is 1.79 bits per heavy atom. The Bertz CT molecular complexity index is 373. The van der Waals surface area contributed by atoms with Crippen LogP contribution in [0.5, 0.6) is 0 Å². The van der Waals surface area contributed by atoms with Gasteiger partial charge < -0.3 is 4.74 Å². The Kier molecular flexibility index (Phi) is 2.40. The highest BCUT2D eigenvalue weighted by atomic mass is 16.5. The minimum Gasteiger partial charge on any atom is -0.486 e. The quantitative estimate of drug-likeness (QED) is 0.651. The molecule has 0 bridgehead atoms. The molecule has 1 nitrogen and oxygen atoms in total. The van der Waals surface area contributed by atoms with E-state index in [-0.39, 0.29) is 6.10 Å². The van der Waals surface area contributed by atoms with Crippen molar-refractivity contribution in [3.63, 3.8) is 0 Å². The van der Waals surface area contributed by atoms with E-state index >= 15 is 0 Å². The summed E-state index contributed by atoms with van der Waals surface area (Å²) >= 11 is 0. The summed E-state index contributed by atoms with van der Waals surface area (Å²) in [5, 5.41) is 0. The molecule has 0 saturated carbocycles. The molecule has 0 fully saturated rings. The molecule has 72 valence electrons. The molecular formula is C13H14O. The molecule has 1 heterocycles. The highest BCUT2D eigenvalue weighted by molar-refractivity contribution is 5.30. The lowest BCUT2D eigenvalue weighted by Crippen LogP contribution is -2.04. The van der Waals surface area contributed by atoms with Crippen LogP contribution in [0.3, 0.4) is 0 Å². The van der Waals surface area contributed by atoms with Crippen molar-refractivity contribution in [2.24, 2.45) is 0 Å². The van der Waals surface area contributed by atoms with Crippen LogP contribution in [0, 0.1) is 0 Å². The number of hydrogen-bond acceptors (Lipinski definition) is 1. The van der Waals surface area contributed by atoms with E-state index < -0.39 is 0 Å². The second-order valence-electron chi connectivity index (χ2n) is 3.61. The molecule has 0 N–H and O–H groups in total. The molecule has 0 saturated heterocycles. The van der Waals surface area contributed by atoms with Crippen molar-refractivity contribution in [2.45, 2.75) is 20.0 Å². The van der Waals surface area contributed by atoms with Gasteiger partial charge in [0.15, 0.2) is 0 Å². The Balaban J connectivity index is 2.27. The van der Waals surface area contributed by atoms with Crippen LogP contribution in [0.1, 0.15) is 25.5 Å². The average molecular weight is 186 g/mol. The van der Waals surface area contributed by atoms with Crippen LogP contribution in [0.25, 0.3) is 0 Å². The Morgan fingerprint density at radius 3 is 2.43 bits per heavy atom. The van der Waals surface area contributed by atoms with Crippen molar-refractivity contribution in [3.8, 4) is 0 Å². The van der Waals surface area contributed by atoms with E-state index in [1.165, 1.54) is 11.1 Å². The van der Waals surface area contributed by atoms with Gasteiger partial charge in [0.2, 0.25) is 0 Å². The number of ether oxygens (including phenoxy) is 1. The van der Waals surface area contributed by atoms with Gasteiger partial charge in [0, 0.05) is 0 Å². The van der Waals surface area contributed by atoms with Crippen molar-refractivity contribution in [1.29, 1.82) is 0 Å². The Labute approximate surface area is 84.7 Å². The maximum absolute atomic E-state index is 5.73.